The monoisotopic (exact) mass is 515 g/mol. The fraction of sp³-hybridized carbons (Fsp3) is 0.939. The van der Waals surface area contributed by atoms with E-state index in [0.717, 1.165) is 49.8 Å². The summed E-state index contributed by atoms with van der Waals surface area (Å²) < 4.78 is 5.35. The maximum Gasteiger partial charge on any atom is 0.0641 e. The van der Waals surface area contributed by atoms with Crippen LogP contribution < -0.4 is 5.32 Å². The Bertz CT molecular complexity index is 872. The quantitative estimate of drug-likeness (QED) is 0.278. The van der Waals surface area contributed by atoms with Gasteiger partial charge in [0.15, 0.2) is 0 Å². The van der Waals surface area contributed by atoms with E-state index >= 15 is 0 Å². The van der Waals surface area contributed by atoms with Crippen LogP contribution in [0, 0.1) is 56.7 Å². The third-order valence-corrected chi connectivity index (χ3v) is 14.4. The molecule has 4 nitrogen and oxygen atoms in total. The summed E-state index contributed by atoms with van der Waals surface area (Å²) in [6.07, 6.45) is 12.5. The van der Waals surface area contributed by atoms with Crippen LogP contribution in [0.4, 0.5) is 0 Å². The molecule has 37 heavy (non-hydrogen) atoms. The number of nitrogens with one attached hydrogen (secondary N) is 1. The molecule has 5 saturated carbocycles. The van der Waals surface area contributed by atoms with Crippen LogP contribution in [0.25, 0.3) is 0 Å². The molecule has 10 atom stereocenters. The Morgan fingerprint density at radius 2 is 1.62 bits per heavy atom. The second-order valence-electron chi connectivity index (χ2n) is 15.5. The third kappa shape index (κ3) is 3.81. The van der Waals surface area contributed by atoms with Gasteiger partial charge in [0.25, 0.3) is 0 Å². The maximum absolute atomic E-state index is 10.7. The van der Waals surface area contributed by atoms with Crippen molar-refractivity contribution in [3.8, 4) is 0 Å². The number of ether oxygens (including phenoxy) is 1. The molecule has 0 heterocycles. The Kier molecular flexibility index (Phi) is 7.29. The Labute approximate surface area is 227 Å². The summed E-state index contributed by atoms with van der Waals surface area (Å²) >= 11 is 0. The van der Waals surface area contributed by atoms with E-state index in [4.69, 9.17) is 4.74 Å². The second kappa shape index (κ2) is 9.60. The molecule has 0 aliphatic heterocycles. The fourth-order valence-corrected chi connectivity index (χ4v) is 12.3. The summed E-state index contributed by atoms with van der Waals surface area (Å²) in [5, 5.41) is 24.7. The molecular formula is C33H57NO3. The third-order valence-electron chi connectivity index (χ3n) is 14.4. The number of hydrogen-bond donors (Lipinski definition) is 3. The maximum atomic E-state index is 10.7. The van der Waals surface area contributed by atoms with Gasteiger partial charge >= 0.3 is 0 Å². The van der Waals surface area contributed by atoms with Crippen molar-refractivity contribution in [2.75, 3.05) is 33.5 Å². The van der Waals surface area contributed by atoms with Gasteiger partial charge in [0.1, 0.15) is 0 Å². The van der Waals surface area contributed by atoms with E-state index in [0.29, 0.717) is 46.6 Å². The summed E-state index contributed by atoms with van der Waals surface area (Å²) in [5.41, 5.74) is 2.37. The zero-order chi connectivity index (χ0) is 26.9. The lowest BCUT2D eigenvalue weighted by molar-refractivity contribution is -0.241. The van der Waals surface area contributed by atoms with Gasteiger partial charge in [-0.05, 0) is 126 Å². The highest BCUT2D eigenvalue weighted by molar-refractivity contribution is 5.22. The predicted octanol–water partition coefficient (Wildman–Crippen LogP) is 6.21. The standard InChI is InChI=1S/C33H57NO3/c1-22(20-35)23-10-15-33(21-36)17-16-31(5)24(28(23)33)8-9-26-30(4)13-12-27(34-18-19-37-7)29(2,3)25(30)11-14-32(26,31)6/h23-28,34-36H,1,8-21H2,2-7H3/t23-,24+,25-,26+,27-,28+,30-,31+,32+,33+/m0/s1. The van der Waals surface area contributed by atoms with Crippen molar-refractivity contribution < 1.29 is 14.9 Å². The van der Waals surface area contributed by atoms with Gasteiger partial charge in [-0.15, -0.1) is 0 Å². The van der Waals surface area contributed by atoms with Gasteiger partial charge in [0.2, 0.25) is 0 Å². The summed E-state index contributed by atoms with van der Waals surface area (Å²) in [6.45, 7) is 19.6. The van der Waals surface area contributed by atoms with Crippen molar-refractivity contribution in [2.45, 2.75) is 105 Å². The molecule has 0 radical (unpaired) electrons. The summed E-state index contributed by atoms with van der Waals surface area (Å²) in [7, 11) is 1.80. The molecule has 0 aromatic heterocycles. The van der Waals surface area contributed by atoms with Crippen LogP contribution in [0.1, 0.15) is 98.8 Å². The lowest BCUT2D eigenvalue weighted by atomic mass is 9.32. The molecule has 212 valence electrons. The van der Waals surface area contributed by atoms with E-state index in [1.54, 1.807) is 7.11 Å². The van der Waals surface area contributed by atoms with Gasteiger partial charge in [-0.1, -0.05) is 41.2 Å². The van der Waals surface area contributed by atoms with Gasteiger partial charge in [-0.25, -0.2) is 0 Å². The van der Waals surface area contributed by atoms with Crippen LogP contribution in [-0.2, 0) is 4.74 Å². The molecule has 0 unspecified atom stereocenters. The molecule has 5 aliphatic carbocycles. The van der Waals surface area contributed by atoms with Crippen molar-refractivity contribution in [3.63, 3.8) is 0 Å². The Balaban J connectivity index is 1.46. The Morgan fingerprint density at radius 1 is 0.865 bits per heavy atom. The minimum atomic E-state index is 0.0468. The Hall–Kier alpha value is -0.420. The topological polar surface area (TPSA) is 61.7 Å². The SMILES string of the molecule is C=C(CO)[C@@H]1CC[C@]2(CO)CC[C@]3(C)[C@H](CC[C@@H]4[C@@]5(C)CC[C@H](NCCOC)C(C)(C)[C@@H]5CC[C@]43C)[C@@H]12. The molecule has 5 fully saturated rings. The first-order valence-electron chi connectivity index (χ1n) is 15.6. The zero-order valence-electron chi connectivity index (χ0n) is 24.9. The van der Waals surface area contributed by atoms with Crippen LogP contribution in [0.5, 0.6) is 0 Å². The number of aliphatic hydroxyl groups is 2. The molecule has 4 heteroatoms. The van der Waals surface area contributed by atoms with E-state index in [9.17, 15) is 10.2 Å². The van der Waals surface area contributed by atoms with Gasteiger partial charge in [-0.3, -0.25) is 0 Å². The van der Waals surface area contributed by atoms with E-state index in [1.165, 1.54) is 44.9 Å². The first-order valence-corrected chi connectivity index (χ1v) is 15.6. The van der Waals surface area contributed by atoms with Gasteiger partial charge in [0, 0.05) is 26.3 Å². The number of aliphatic hydroxyl groups excluding tert-OH is 2. The first kappa shape index (κ1) is 28.1. The highest BCUT2D eigenvalue weighted by Gasteiger charge is 2.70. The molecule has 5 aliphatic rings. The van der Waals surface area contributed by atoms with E-state index < -0.39 is 0 Å². The normalized spacial score (nSPS) is 50.5. The molecule has 0 aromatic carbocycles. The summed E-state index contributed by atoms with van der Waals surface area (Å²) in [4.78, 5) is 0. The van der Waals surface area contributed by atoms with Crippen molar-refractivity contribution in [1.82, 2.24) is 5.32 Å². The number of fused-ring (bicyclic) bond motifs is 7. The average Bonchev–Trinajstić information content (AvgIpc) is 3.25. The van der Waals surface area contributed by atoms with Crippen LogP contribution in [0.2, 0.25) is 0 Å². The minimum absolute atomic E-state index is 0.0468. The van der Waals surface area contributed by atoms with Crippen molar-refractivity contribution >= 4 is 0 Å². The van der Waals surface area contributed by atoms with Gasteiger partial charge in [-0.2, -0.15) is 0 Å². The minimum Gasteiger partial charge on any atom is -0.396 e. The second-order valence-corrected chi connectivity index (χ2v) is 15.5. The number of methoxy groups -OCH3 is 1. The first-order chi connectivity index (χ1) is 17.4. The van der Waals surface area contributed by atoms with Gasteiger partial charge < -0.3 is 20.3 Å². The largest absolute Gasteiger partial charge is 0.396 e. The number of rotatable bonds is 7. The van der Waals surface area contributed by atoms with Crippen LogP contribution >= 0.6 is 0 Å². The highest BCUT2D eigenvalue weighted by Crippen LogP contribution is 2.77. The molecule has 3 N–H and O–H groups in total. The van der Waals surface area contributed by atoms with E-state index in [1.807, 2.05) is 0 Å². The lowest BCUT2D eigenvalue weighted by Gasteiger charge is -2.73. The summed E-state index contributed by atoms with van der Waals surface area (Å²) in [6, 6.07) is 0.570. The Morgan fingerprint density at radius 3 is 2.30 bits per heavy atom. The van der Waals surface area contributed by atoms with Crippen molar-refractivity contribution in [3.05, 3.63) is 12.2 Å². The van der Waals surface area contributed by atoms with Crippen LogP contribution in [0.3, 0.4) is 0 Å². The molecule has 0 saturated heterocycles. The van der Waals surface area contributed by atoms with Crippen LogP contribution in [0.15, 0.2) is 12.2 Å². The van der Waals surface area contributed by atoms with E-state index in [-0.39, 0.29) is 17.4 Å². The zero-order valence-corrected chi connectivity index (χ0v) is 24.9. The molecule has 5 rings (SSSR count). The highest BCUT2D eigenvalue weighted by atomic mass is 16.5. The lowest BCUT2D eigenvalue weighted by Crippen LogP contribution is -2.67. The molecule has 0 spiro atoms. The van der Waals surface area contributed by atoms with E-state index in [2.05, 4.69) is 46.5 Å². The van der Waals surface area contributed by atoms with Crippen molar-refractivity contribution in [2.24, 2.45) is 56.7 Å². The fourth-order valence-electron chi connectivity index (χ4n) is 12.3. The van der Waals surface area contributed by atoms with Crippen molar-refractivity contribution in [1.29, 1.82) is 0 Å². The van der Waals surface area contributed by atoms with Crippen LogP contribution in [-0.4, -0.2) is 49.7 Å². The average molecular weight is 516 g/mol. The molecule has 0 amide bonds. The predicted molar refractivity (Wildman–Crippen MR) is 151 cm³/mol. The molecule has 0 bridgehead atoms. The molecule has 0 aromatic rings. The number of hydrogen-bond acceptors (Lipinski definition) is 4. The molecular weight excluding hydrogens is 458 g/mol. The smallest absolute Gasteiger partial charge is 0.0641 e. The van der Waals surface area contributed by atoms with Gasteiger partial charge in [0.05, 0.1) is 13.2 Å². The summed E-state index contributed by atoms with van der Waals surface area (Å²) in [5.74, 6) is 3.01.